The number of hydrogen-bond acceptors (Lipinski definition) is 4. The molecular formula is C21H24N6O. The van der Waals surface area contributed by atoms with Gasteiger partial charge in [-0.2, -0.15) is 5.10 Å². The molecule has 1 aliphatic rings. The van der Waals surface area contributed by atoms with E-state index in [0.29, 0.717) is 22.6 Å². The van der Waals surface area contributed by atoms with E-state index in [0.717, 1.165) is 24.3 Å². The molecule has 7 nitrogen and oxygen atoms in total. The Morgan fingerprint density at radius 1 is 1.18 bits per heavy atom. The van der Waals surface area contributed by atoms with Crippen molar-refractivity contribution in [2.24, 2.45) is 0 Å². The number of benzene rings is 1. The molecule has 0 saturated carbocycles. The van der Waals surface area contributed by atoms with Gasteiger partial charge in [-0.3, -0.25) is 9.89 Å². The van der Waals surface area contributed by atoms with Crippen molar-refractivity contribution in [1.29, 1.82) is 0 Å². The number of aromatic amines is 3. The van der Waals surface area contributed by atoms with Crippen LogP contribution in [-0.2, 0) is 0 Å². The first-order valence-electron chi connectivity index (χ1n) is 9.92. The van der Waals surface area contributed by atoms with Crippen molar-refractivity contribution in [2.45, 2.75) is 38.5 Å². The van der Waals surface area contributed by atoms with Gasteiger partial charge in [-0.15, -0.1) is 0 Å². The summed E-state index contributed by atoms with van der Waals surface area (Å²) in [5.41, 5.74) is 5.52. The number of nitrogens with one attached hydrogen (secondary N) is 4. The van der Waals surface area contributed by atoms with Gasteiger partial charge in [0.1, 0.15) is 11.1 Å². The van der Waals surface area contributed by atoms with Crippen molar-refractivity contribution >= 4 is 21.9 Å². The van der Waals surface area contributed by atoms with Crippen molar-refractivity contribution in [3.05, 3.63) is 46.0 Å². The molecule has 1 saturated heterocycles. The summed E-state index contributed by atoms with van der Waals surface area (Å²) in [7, 11) is 0. The minimum absolute atomic E-state index is 0.183. The zero-order valence-corrected chi connectivity index (χ0v) is 16.1. The number of fused-ring (bicyclic) bond motifs is 2. The summed E-state index contributed by atoms with van der Waals surface area (Å²) in [6, 6.07) is 6.73. The standard InChI is InChI=1S/C21H24N6O/c1-11(2)16-14-9-13(12-5-7-22-8-6-12)3-4-15(14)25-18(16)19-17-20(27-26-19)23-10-24-21(17)28/h3-4,9-12,22,25H,5-8H2,1-2H3,(H2,23,24,26,27,28). The summed E-state index contributed by atoms with van der Waals surface area (Å²) >= 11 is 0. The molecule has 0 bridgehead atoms. The van der Waals surface area contributed by atoms with Gasteiger partial charge in [-0.05, 0) is 61.0 Å². The average Bonchev–Trinajstić information content (AvgIpc) is 3.30. The second-order valence-corrected chi connectivity index (χ2v) is 7.93. The van der Waals surface area contributed by atoms with E-state index in [1.807, 2.05) is 0 Å². The zero-order chi connectivity index (χ0) is 19.3. The lowest BCUT2D eigenvalue weighted by atomic mass is 9.88. The first-order chi connectivity index (χ1) is 13.6. The van der Waals surface area contributed by atoms with E-state index in [1.54, 1.807) is 0 Å². The minimum atomic E-state index is -0.183. The predicted molar refractivity (Wildman–Crippen MR) is 111 cm³/mol. The van der Waals surface area contributed by atoms with E-state index >= 15 is 0 Å². The number of H-pyrrole nitrogens is 3. The lowest BCUT2D eigenvalue weighted by molar-refractivity contribution is 0.460. The first-order valence-corrected chi connectivity index (χ1v) is 9.92. The summed E-state index contributed by atoms with van der Waals surface area (Å²) in [5.74, 6) is 0.886. The Morgan fingerprint density at radius 2 is 2.00 bits per heavy atom. The minimum Gasteiger partial charge on any atom is -0.353 e. The fraction of sp³-hybridized carbons (Fsp3) is 0.381. The third-order valence-electron chi connectivity index (χ3n) is 5.85. The largest absolute Gasteiger partial charge is 0.353 e. The SMILES string of the molecule is CC(C)c1c(-c2n[nH]c3nc[nH]c(=O)c23)[nH]c2ccc(C3CCNCC3)cc12. The molecule has 4 aromatic rings. The van der Waals surface area contributed by atoms with Crippen LogP contribution in [0.5, 0.6) is 0 Å². The number of nitrogens with zero attached hydrogens (tertiary/aromatic N) is 2. The highest BCUT2D eigenvalue weighted by Gasteiger charge is 2.23. The van der Waals surface area contributed by atoms with Crippen molar-refractivity contribution in [1.82, 2.24) is 30.5 Å². The molecule has 0 amide bonds. The number of piperidine rings is 1. The number of hydrogen-bond donors (Lipinski definition) is 4. The Kier molecular flexibility index (Phi) is 4.05. The molecule has 4 heterocycles. The topological polar surface area (TPSA) is 102 Å². The Hall–Kier alpha value is -2.93. The quantitative estimate of drug-likeness (QED) is 0.440. The van der Waals surface area contributed by atoms with Crippen molar-refractivity contribution < 1.29 is 0 Å². The maximum atomic E-state index is 12.4. The van der Waals surface area contributed by atoms with Crippen molar-refractivity contribution in [3.63, 3.8) is 0 Å². The molecule has 0 aliphatic carbocycles. The second-order valence-electron chi connectivity index (χ2n) is 7.93. The third-order valence-corrected chi connectivity index (χ3v) is 5.85. The molecule has 1 fully saturated rings. The normalized spacial score (nSPS) is 15.8. The molecule has 5 rings (SSSR count). The second kappa shape index (κ2) is 6.60. The van der Waals surface area contributed by atoms with E-state index in [1.165, 1.54) is 35.7 Å². The maximum Gasteiger partial charge on any atom is 0.262 e. The molecule has 0 unspecified atom stereocenters. The Balaban J connectivity index is 1.73. The van der Waals surface area contributed by atoms with Crippen LogP contribution in [0.25, 0.3) is 33.3 Å². The van der Waals surface area contributed by atoms with Crippen LogP contribution in [0.4, 0.5) is 0 Å². The van der Waals surface area contributed by atoms with Crippen LogP contribution in [0, 0.1) is 0 Å². The zero-order valence-electron chi connectivity index (χ0n) is 16.1. The van der Waals surface area contributed by atoms with Gasteiger partial charge in [0.05, 0.1) is 12.0 Å². The number of rotatable bonds is 3. The molecule has 144 valence electrons. The van der Waals surface area contributed by atoms with Crippen LogP contribution in [-0.4, -0.2) is 38.2 Å². The van der Waals surface area contributed by atoms with E-state index in [9.17, 15) is 4.79 Å². The number of aromatic nitrogens is 5. The lowest BCUT2D eigenvalue weighted by Crippen LogP contribution is -2.26. The first kappa shape index (κ1) is 17.2. The highest BCUT2D eigenvalue weighted by molar-refractivity contribution is 5.97. The van der Waals surface area contributed by atoms with Crippen LogP contribution in [0.3, 0.4) is 0 Å². The van der Waals surface area contributed by atoms with E-state index in [4.69, 9.17) is 0 Å². The molecule has 0 spiro atoms. The van der Waals surface area contributed by atoms with Gasteiger partial charge >= 0.3 is 0 Å². The smallest absolute Gasteiger partial charge is 0.262 e. The van der Waals surface area contributed by atoms with E-state index < -0.39 is 0 Å². The third kappa shape index (κ3) is 2.65. The van der Waals surface area contributed by atoms with Gasteiger partial charge in [-0.1, -0.05) is 19.9 Å². The molecule has 4 N–H and O–H groups in total. The lowest BCUT2D eigenvalue weighted by Gasteiger charge is -2.23. The highest BCUT2D eigenvalue weighted by atomic mass is 16.1. The molecule has 0 atom stereocenters. The summed E-state index contributed by atoms with van der Waals surface area (Å²) in [4.78, 5) is 22.8. The van der Waals surface area contributed by atoms with Gasteiger partial charge in [-0.25, -0.2) is 4.98 Å². The van der Waals surface area contributed by atoms with Crippen LogP contribution in [0.15, 0.2) is 29.3 Å². The van der Waals surface area contributed by atoms with Gasteiger partial charge in [0.2, 0.25) is 0 Å². The summed E-state index contributed by atoms with van der Waals surface area (Å²) in [6.07, 6.45) is 3.74. The van der Waals surface area contributed by atoms with Crippen LogP contribution in [0.2, 0.25) is 0 Å². The molecular weight excluding hydrogens is 352 g/mol. The van der Waals surface area contributed by atoms with Crippen molar-refractivity contribution in [2.75, 3.05) is 13.1 Å². The fourth-order valence-electron chi connectivity index (χ4n) is 4.48. The predicted octanol–water partition coefficient (Wildman–Crippen LogP) is 3.38. The summed E-state index contributed by atoms with van der Waals surface area (Å²) in [5, 5.41) is 12.5. The highest BCUT2D eigenvalue weighted by Crippen LogP contribution is 2.38. The van der Waals surface area contributed by atoms with Crippen LogP contribution in [0.1, 0.15) is 49.7 Å². The Morgan fingerprint density at radius 3 is 2.79 bits per heavy atom. The molecule has 0 radical (unpaired) electrons. The van der Waals surface area contributed by atoms with E-state index in [2.05, 4.69) is 62.5 Å². The Labute approximate surface area is 162 Å². The molecule has 1 aromatic carbocycles. The summed E-state index contributed by atoms with van der Waals surface area (Å²) in [6.45, 7) is 6.52. The van der Waals surface area contributed by atoms with Crippen LogP contribution < -0.4 is 10.9 Å². The average molecular weight is 376 g/mol. The van der Waals surface area contributed by atoms with Gasteiger partial charge in [0.15, 0.2) is 5.65 Å². The monoisotopic (exact) mass is 376 g/mol. The van der Waals surface area contributed by atoms with Crippen molar-refractivity contribution in [3.8, 4) is 11.4 Å². The van der Waals surface area contributed by atoms with Crippen LogP contribution >= 0.6 is 0 Å². The maximum absolute atomic E-state index is 12.4. The van der Waals surface area contributed by atoms with Gasteiger partial charge < -0.3 is 15.3 Å². The summed E-state index contributed by atoms with van der Waals surface area (Å²) < 4.78 is 0. The molecule has 3 aromatic heterocycles. The fourth-order valence-corrected chi connectivity index (χ4v) is 4.48. The molecule has 1 aliphatic heterocycles. The van der Waals surface area contributed by atoms with Gasteiger partial charge in [0, 0.05) is 10.9 Å². The van der Waals surface area contributed by atoms with Gasteiger partial charge in [0.25, 0.3) is 5.56 Å². The molecule has 7 heteroatoms. The molecule has 28 heavy (non-hydrogen) atoms. The van der Waals surface area contributed by atoms with E-state index in [-0.39, 0.29) is 11.5 Å². The Bertz CT molecular complexity index is 1210.